The molecule has 26 heavy (non-hydrogen) atoms. The largest absolute Gasteiger partial charge is 0.354 e. The summed E-state index contributed by atoms with van der Waals surface area (Å²) in [4.78, 5) is 30.2. The molecule has 1 fully saturated rings. The van der Waals surface area contributed by atoms with E-state index in [9.17, 15) is 4.79 Å². The zero-order valence-corrected chi connectivity index (χ0v) is 16.6. The number of rotatable bonds is 5. The smallest absolute Gasteiger partial charge is 0.243 e. The van der Waals surface area contributed by atoms with Crippen LogP contribution in [0.25, 0.3) is 0 Å². The van der Waals surface area contributed by atoms with Gasteiger partial charge in [0, 0.05) is 55.4 Å². The zero-order valence-electron chi connectivity index (χ0n) is 15.8. The number of piperazine rings is 1. The Kier molecular flexibility index (Phi) is 5.83. The van der Waals surface area contributed by atoms with Crippen molar-refractivity contribution in [2.45, 2.75) is 39.7 Å². The molecule has 0 spiro atoms. The average molecular weight is 375 g/mol. The maximum atomic E-state index is 12.4. The third-order valence-electron chi connectivity index (χ3n) is 4.60. The predicted octanol–water partition coefficient (Wildman–Crippen LogP) is 2.51. The fourth-order valence-corrected chi connectivity index (χ4v) is 3.53. The van der Waals surface area contributed by atoms with E-state index in [-0.39, 0.29) is 11.9 Å². The van der Waals surface area contributed by atoms with Crippen LogP contribution in [-0.2, 0) is 4.79 Å². The van der Waals surface area contributed by atoms with Gasteiger partial charge in [-0.05, 0) is 13.8 Å². The fourth-order valence-electron chi connectivity index (χ4n) is 2.99. The highest BCUT2D eigenvalue weighted by Gasteiger charge is 2.26. The predicted molar refractivity (Wildman–Crippen MR) is 105 cm³/mol. The minimum Gasteiger partial charge on any atom is -0.354 e. The topological polar surface area (TPSA) is 74.2 Å². The minimum atomic E-state index is -0.181. The van der Waals surface area contributed by atoms with Crippen LogP contribution in [0.2, 0.25) is 0 Å². The third kappa shape index (κ3) is 4.37. The van der Waals surface area contributed by atoms with E-state index in [0.717, 1.165) is 43.5 Å². The van der Waals surface area contributed by atoms with Gasteiger partial charge in [-0.15, -0.1) is 11.3 Å². The number of anilines is 2. The maximum absolute atomic E-state index is 12.4. The standard InChI is InChI=1S/C18H26N6OS/c1-12(2)16-20-13(3)11-15(21-16)24-8-6-23(7-9-24)14(4)17(25)22-18-19-5-10-26-18/h5,10-12,14H,6-9H2,1-4H3,(H,19,22,25). The lowest BCUT2D eigenvalue weighted by Crippen LogP contribution is -2.53. The summed E-state index contributed by atoms with van der Waals surface area (Å²) in [6, 6.07) is 1.86. The average Bonchev–Trinajstić information content (AvgIpc) is 3.13. The van der Waals surface area contributed by atoms with E-state index in [2.05, 4.69) is 38.9 Å². The molecular formula is C18H26N6OS. The van der Waals surface area contributed by atoms with Crippen molar-refractivity contribution in [2.24, 2.45) is 0 Å². The summed E-state index contributed by atoms with van der Waals surface area (Å²) >= 11 is 1.43. The summed E-state index contributed by atoms with van der Waals surface area (Å²) in [6.45, 7) is 11.5. The Morgan fingerprint density at radius 2 is 1.92 bits per heavy atom. The van der Waals surface area contributed by atoms with Gasteiger partial charge < -0.3 is 10.2 Å². The number of aryl methyl sites for hydroxylation is 1. The Morgan fingerprint density at radius 1 is 1.19 bits per heavy atom. The van der Waals surface area contributed by atoms with Crippen molar-refractivity contribution in [3.05, 3.63) is 29.2 Å². The van der Waals surface area contributed by atoms with Gasteiger partial charge in [0.2, 0.25) is 5.91 Å². The first-order chi connectivity index (χ1) is 12.4. The second kappa shape index (κ2) is 8.09. The number of hydrogen-bond acceptors (Lipinski definition) is 7. The molecule has 1 atom stereocenters. The number of hydrogen-bond donors (Lipinski definition) is 1. The number of nitrogens with zero attached hydrogens (tertiary/aromatic N) is 5. The van der Waals surface area contributed by atoms with Crippen molar-refractivity contribution >= 4 is 28.2 Å². The number of carbonyl (C=O) groups excluding carboxylic acids is 1. The van der Waals surface area contributed by atoms with Gasteiger partial charge in [-0.2, -0.15) is 0 Å². The Balaban J connectivity index is 1.59. The molecule has 0 saturated carbocycles. The van der Waals surface area contributed by atoms with E-state index in [0.29, 0.717) is 11.0 Å². The Labute approximate surface area is 158 Å². The second-order valence-electron chi connectivity index (χ2n) is 6.91. The van der Waals surface area contributed by atoms with Gasteiger partial charge in [0.25, 0.3) is 0 Å². The quantitative estimate of drug-likeness (QED) is 0.867. The van der Waals surface area contributed by atoms with Gasteiger partial charge >= 0.3 is 0 Å². The lowest BCUT2D eigenvalue weighted by Gasteiger charge is -2.38. The van der Waals surface area contributed by atoms with E-state index in [4.69, 9.17) is 4.98 Å². The molecular weight excluding hydrogens is 348 g/mol. The summed E-state index contributed by atoms with van der Waals surface area (Å²) in [6.07, 6.45) is 1.69. The molecule has 3 heterocycles. The van der Waals surface area contributed by atoms with Crippen molar-refractivity contribution in [1.82, 2.24) is 19.9 Å². The summed E-state index contributed by atoms with van der Waals surface area (Å²) < 4.78 is 0. The Bertz CT molecular complexity index is 740. The number of thiazole rings is 1. The molecule has 1 amide bonds. The Hall–Kier alpha value is -2.06. The molecule has 1 N–H and O–H groups in total. The number of amides is 1. The van der Waals surface area contributed by atoms with Crippen LogP contribution in [0.1, 0.15) is 38.2 Å². The van der Waals surface area contributed by atoms with Gasteiger partial charge in [0.15, 0.2) is 5.13 Å². The van der Waals surface area contributed by atoms with Crippen LogP contribution < -0.4 is 10.2 Å². The number of aromatic nitrogens is 3. The summed E-state index contributed by atoms with van der Waals surface area (Å²) in [5.74, 6) is 2.18. The first-order valence-electron chi connectivity index (χ1n) is 8.99. The maximum Gasteiger partial charge on any atom is 0.243 e. The minimum absolute atomic E-state index is 0.00613. The molecule has 0 aliphatic carbocycles. The van der Waals surface area contributed by atoms with Gasteiger partial charge in [-0.25, -0.2) is 15.0 Å². The zero-order chi connectivity index (χ0) is 18.7. The van der Waals surface area contributed by atoms with Gasteiger partial charge in [0.05, 0.1) is 6.04 Å². The molecule has 0 radical (unpaired) electrons. The van der Waals surface area contributed by atoms with Crippen molar-refractivity contribution in [3.63, 3.8) is 0 Å². The number of carbonyl (C=O) groups is 1. The monoisotopic (exact) mass is 374 g/mol. The SMILES string of the molecule is Cc1cc(N2CCN(C(C)C(=O)Nc3nccs3)CC2)nc(C(C)C)n1. The molecule has 1 aliphatic heterocycles. The van der Waals surface area contributed by atoms with Crippen LogP contribution in [0.5, 0.6) is 0 Å². The number of nitrogens with one attached hydrogen (secondary N) is 1. The van der Waals surface area contributed by atoms with Crippen LogP contribution in [0.3, 0.4) is 0 Å². The van der Waals surface area contributed by atoms with Crippen LogP contribution in [0.4, 0.5) is 10.9 Å². The van der Waals surface area contributed by atoms with Gasteiger partial charge in [-0.3, -0.25) is 9.69 Å². The second-order valence-corrected chi connectivity index (χ2v) is 7.80. The highest BCUT2D eigenvalue weighted by Crippen LogP contribution is 2.20. The van der Waals surface area contributed by atoms with E-state index in [1.165, 1.54) is 11.3 Å². The van der Waals surface area contributed by atoms with Gasteiger partial charge in [-0.1, -0.05) is 13.8 Å². The molecule has 0 aromatic carbocycles. The third-order valence-corrected chi connectivity index (χ3v) is 5.29. The van der Waals surface area contributed by atoms with E-state index in [1.807, 2.05) is 25.3 Å². The first kappa shape index (κ1) is 18.7. The lowest BCUT2D eigenvalue weighted by atomic mass is 10.2. The molecule has 0 bridgehead atoms. The first-order valence-corrected chi connectivity index (χ1v) is 9.87. The normalized spacial score (nSPS) is 16.7. The van der Waals surface area contributed by atoms with E-state index >= 15 is 0 Å². The van der Waals surface area contributed by atoms with Crippen molar-refractivity contribution in [3.8, 4) is 0 Å². The molecule has 3 rings (SSSR count). The van der Waals surface area contributed by atoms with E-state index < -0.39 is 0 Å². The summed E-state index contributed by atoms with van der Waals surface area (Å²) in [5, 5.41) is 5.39. The molecule has 1 unspecified atom stereocenters. The highest BCUT2D eigenvalue weighted by atomic mass is 32.1. The van der Waals surface area contributed by atoms with Crippen LogP contribution in [0, 0.1) is 6.92 Å². The molecule has 7 nitrogen and oxygen atoms in total. The van der Waals surface area contributed by atoms with Crippen molar-refractivity contribution < 1.29 is 4.79 Å². The molecule has 2 aromatic heterocycles. The van der Waals surface area contributed by atoms with Crippen LogP contribution in [0.15, 0.2) is 17.6 Å². The molecule has 1 saturated heterocycles. The summed E-state index contributed by atoms with van der Waals surface area (Å²) in [7, 11) is 0. The van der Waals surface area contributed by atoms with Crippen LogP contribution >= 0.6 is 11.3 Å². The summed E-state index contributed by atoms with van der Waals surface area (Å²) in [5.41, 5.74) is 0.998. The molecule has 140 valence electrons. The van der Waals surface area contributed by atoms with Crippen LogP contribution in [-0.4, -0.2) is 58.0 Å². The molecule has 2 aromatic rings. The fraction of sp³-hybridized carbons (Fsp3) is 0.556. The Morgan fingerprint density at radius 3 is 2.54 bits per heavy atom. The van der Waals surface area contributed by atoms with E-state index in [1.54, 1.807) is 6.20 Å². The molecule has 1 aliphatic rings. The van der Waals surface area contributed by atoms with Crippen molar-refractivity contribution in [2.75, 3.05) is 36.4 Å². The highest BCUT2D eigenvalue weighted by molar-refractivity contribution is 7.13. The molecule has 8 heteroatoms. The lowest BCUT2D eigenvalue weighted by molar-refractivity contribution is -0.120. The van der Waals surface area contributed by atoms with Gasteiger partial charge in [0.1, 0.15) is 11.6 Å². The van der Waals surface area contributed by atoms with Crippen molar-refractivity contribution in [1.29, 1.82) is 0 Å².